The number of thioether (sulfide) groups is 2. The summed E-state index contributed by atoms with van der Waals surface area (Å²) in [5.74, 6) is -1.71. The number of hydrogen-bond acceptors (Lipinski definition) is 8. The number of benzene rings is 2. The van der Waals surface area contributed by atoms with Crippen LogP contribution in [0.5, 0.6) is 0 Å². The summed E-state index contributed by atoms with van der Waals surface area (Å²) in [7, 11) is 0. The van der Waals surface area contributed by atoms with E-state index in [1.54, 1.807) is 24.3 Å². The molecule has 0 radical (unpaired) electrons. The molecule has 2 fully saturated rings. The fourth-order valence-electron chi connectivity index (χ4n) is 3.48. The summed E-state index contributed by atoms with van der Waals surface area (Å²) < 4.78 is 0.433. The molecule has 4 rings (SSSR count). The fraction of sp³-hybridized carbons (Fsp3) is 0.167. The van der Waals surface area contributed by atoms with E-state index in [9.17, 15) is 19.2 Å². The molecule has 8 nitrogen and oxygen atoms in total. The van der Waals surface area contributed by atoms with Crippen LogP contribution in [-0.4, -0.2) is 55.2 Å². The van der Waals surface area contributed by atoms with Crippen LogP contribution in [0.15, 0.2) is 46.2 Å². The molecular weight excluding hydrogens is 678 g/mol. The van der Waals surface area contributed by atoms with E-state index in [1.807, 2.05) is 0 Å². The third kappa shape index (κ3) is 7.29. The molecular formula is C24H16Cl4N4O4S4. The van der Waals surface area contributed by atoms with Gasteiger partial charge in [0.05, 0.1) is 29.9 Å². The van der Waals surface area contributed by atoms with Crippen molar-refractivity contribution in [3.8, 4) is 0 Å². The zero-order valence-electron chi connectivity index (χ0n) is 20.0. The second kappa shape index (κ2) is 13.4. The van der Waals surface area contributed by atoms with Crippen LogP contribution in [0.3, 0.4) is 0 Å². The van der Waals surface area contributed by atoms with Crippen LogP contribution in [0.4, 0.5) is 11.4 Å². The SMILES string of the molecule is O=C(CCN1C(=O)/C(=C2\SC(=S)N(CCC(=O)Nc3ccc(Cl)c(Cl)c3)C2=O)SC1=S)Nc1ccc(Cl)c(Cl)c1. The number of carbonyl (C=O) groups excluding carboxylic acids is 4. The molecule has 2 saturated heterocycles. The lowest BCUT2D eigenvalue weighted by Crippen LogP contribution is -2.33. The third-order valence-corrected chi connectivity index (χ3v) is 9.94. The zero-order valence-corrected chi connectivity index (χ0v) is 26.3. The molecule has 0 bridgehead atoms. The first-order valence-electron chi connectivity index (χ1n) is 11.3. The summed E-state index contributed by atoms with van der Waals surface area (Å²) in [5, 5.41) is 6.66. The first kappa shape index (κ1) is 31.0. The highest BCUT2D eigenvalue weighted by atomic mass is 35.5. The lowest BCUT2D eigenvalue weighted by Gasteiger charge is -2.15. The predicted octanol–water partition coefficient (Wildman–Crippen LogP) is 6.59. The molecule has 0 unspecified atom stereocenters. The Bertz CT molecular complexity index is 1390. The molecule has 0 spiro atoms. The number of anilines is 2. The Morgan fingerprint density at radius 1 is 0.675 bits per heavy atom. The lowest BCUT2D eigenvalue weighted by molar-refractivity contribution is -0.125. The Morgan fingerprint density at radius 2 is 1.05 bits per heavy atom. The maximum atomic E-state index is 13.1. The average molecular weight is 694 g/mol. The average Bonchev–Trinajstić information content (AvgIpc) is 3.34. The third-order valence-electron chi connectivity index (χ3n) is 5.44. The van der Waals surface area contributed by atoms with E-state index in [2.05, 4.69) is 10.6 Å². The first-order valence-corrected chi connectivity index (χ1v) is 15.2. The summed E-state index contributed by atoms with van der Waals surface area (Å²) in [4.78, 5) is 53.9. The van der Waals surface area contributed by atoms with Gasteiger partial charge in [-0.1, -0.05) is 94.4 Å². The van der Waals surface area contributed by atoms with Crippen molar-refractivity contribution in [1.29, 1.82) is 0 Å². The standard InChI is InChI=1S/C24H16Cl4N4O4S4/c25-13-3-1-11(9-15(13)27)29-17(33)5-7-31-21(35)19(39-23(31)37)20-22(36)32(24(38)40-20)8-6-18(34)30-12-2-4-14(26)16(28)10-12/h1-4,9-10H,5-8H2,(H,29,33)(H,30,34)/b20-19+. The molecule has 0 aromatic heterocycles. The maximum Gasteiger partial charge on any atom is 0.267 e. The van der Waals surface area contributed by atoms with Crippen molar-refractivity contribution >= 4 is 138 Å². The topological polar surface area (TPSA) is 98.8 Å². The second-order valence-corrected chi connectivity index (χ2v) is 13.1. The van der Waals surface area contributed by atoms with E-state index in [0.29, 0.717) is 31.5 Å². The van der Waals surface area contributed by atoms with Gasteiger partial charge >= 0.3 is 0 Å². The van der Waals surface area contributed by atoms with Gasteiger partial charge in [0.25, 0.3) is 11.8 Å². The van der Waals surface area contributed by atoms with Crippen LogP contribution in [0.2, 0.25) is 20.1 Å². The maximum absolute atomic E-state index is 13.1. The van der Waals surface area contributed by atoms with Gasteiger partial charge in [-0.15, -0.1) is 0 Å². The van der Waals surface area contributed by atoms with Gasteiger partial charge in [-0.3, -0.25) is 29.0 Å². The highest BCUT2D eigenvalue weighted by Crippen LogP contribution is 2.42. The highest BCUT2D eigenvalue weighted by molar-refractivity contribution is 8.29. The van der Waals surface area contributed by atoms with Crippen molar-refractivity contribution in [2.24, 2.45) is 0 Å². The number of amides is 4. The molecule has 4 amide bonds. The van der Waals surface area contributed by atoms with Crippen molar-refractivity contribution in [3.63, 3.8) is 0 Å². The van der Waals surface area contributed by atoms with Crippen molar-refractivity contribution in [2.75, 3.05) is 23.7 Å². The van der Waals surface area contributed by atoms with Gasteiger partial charge in [0.15, 0.2) is 0 Å². The van der Waals surface area contributed by atoms with Gasteiger partial charge in [-0.25, -0.2) is 0 Å². The predicted molar refractivity (Wildman–Crippen MR) is 170 cm³/mol. The molecule has 2 heterocycles. The number of nitrogens with one attached hydrogen (secondary N) is 2. The minimum absolute atomic E-state index is 0.0104. The molecule has 2 aromatic rings. The molecule has 208 valence electrons. The molecule has 0 saturated carbocycles. The molecule has 40 heavy (non-hydrogen) atoms. The Hall–Kier alpha value is -1.90. The van der Waals surface area contributed by atoms with Crippen molar-refractivity contribution < 1.29 is 19.2 Å². The van der Waals surface area contributed by atoms with E-state index in [0.717, 1.165) is 23.5 Å². The van der Waals surface area contributed by atoms with E-state index in [4.69, 9.17) is 70.8 Å². The molecule has 2 aromatic carbocycles. The summed E-state index contributed by atoms with van der Waals surface area (Å²) in [6, 6.07) is 9.34. The number of rotatable bonds is 8. The van der Waals surface area contributed by atoms with Gasteiger partial charge in [0.1, 0.15) is 8.64 Å². The Labute approximate surface area is 268 Å². The lowest BCUT2D eigenvalue weighted by atomic mass is 10.3. The number of halogens is 4. The highest BCUT2D eigenvalue weighted by Gasteiger charge is 2.42. The summed E-state index contributed by atoms with van der Waals surface area (Å²) in [5.41, 5.74) is 0.915. The van der Waals surface area contributed by atoms with Crippen molar-refractivity contribution in [2.45, 2.75) is 12.8 Å². The number of thiocarbonyl (C=S) groups is 2. The quantitative estimate of drug-likeness (QED) is 0.236. The van der Waals surface area contributed by atoms with E-state index < -0.39 is 11.8 Å². The normalized spacial score (nSPS) is 17.2. The van der Waals surface area contributed by atoms with Gasteiger partial charge < -0.3 is 10.6 Å². The summed E-state index contributed by atoms with van der Waals surface area (Å²) >= 11 is 36.3. The Kier molecular flexibility index (Phi) is 10.4. The van der Waals surface area contributed by atoms with E-state index in [-0.39, 0.29) is 56.2 Å². The first-order chi connectivity index (χ1) is 18.9. The Balaban J connectivity index is 1.34. The molecule has 2 aliphatic rings. The van der Waals surface area contributed by atoms with Gasteiger partial charge in [0, 0.05) is 37.3 Å². The van der Waals surface area contributed by atoms with Gasteiger partial charge in [0.2, 0.25) is 11.8 Å². The van der Waals surface area contributed by atoms with Crippen LogP contribution < -0.4 is 10.6 Å². The number of carbonyl (C=O) groups is 4. The largest absolute Gasteiger partial charge is 0.326 e. The number of hydrogen-bond donors (Lipinski definition) is 2. The van der Waals surface area contributed by atoms with E-state index in [1.165, 1.54) is 21.9 Å². The van der Waals surface area contributed by atoms with Crippen molar-refractivity contribution in [3.05, 3.63) is 66.3 Å². The van der Waals surface area contributed by atoms with Crippen molar-refractivity contribution in [1.82, 2.24) is 9.80 Å². The smallest absolute Gasteiger partial charge is 0.267 e. The second-order valence-electron chi connectivity index (χ2n) is 8.16. The monoisotopic (exact) mass is 692 g/mol. The number of nitrogens with zero attached hydrogens (tertiary/aromatic N) is 2. The van der Waals surface area contributed by atoms with Crippen LogP contribution in [0, 0.1) is 0 Å². The molecule has 0 atom stereocenters. The van der Waals surface area contributed by atoms with Gasteiger partial charge in [-0.05, 0) is 36.4 Å². The van der Waals surface area contributed by atoms with Crippen LogP contribution in [0.25, 0.3) is 0 Å². The minimum atomic E-state index is -0.491. The van der Waals surface area contributed by atoms with Gasteiger partial charge in [-0.2, -0.15) is 0 Å². The summed E-state index contributed by atoms with van der Waals surface area (Å²) in [6.07, 6.45) is -0.0935. The molecule has 0 aliphatic carbocycles. The molecule has 2 aliphatic heterocycles. The molecule has 2 N–H and O–H groups in total. The fourth-order valence-corrected chi connectivity index (χ4v) is 6.84. The van der Waals surface area contributed by atoms with Crippen LogP contribution in [0.1, 0.15) is 12.8 Å². The minimum Gasteiger partial charge on any atom is -0.326 e. The van der Waals surface area contributed by atoms with Crippen LogP contribution >= 0.6 is 94.4 Å². The zero-order chi connectivity index (χ0) is 29.1. The molecule has 16 heteroatoms. The van der Waals surface area contributed by atoms with E-state index >= 15 is 0 Å². The Morgan fingerprint density at radius 3 is 1.40 bits per heavy atom. The summed E-state index contributed by atoms with van der Waals surface area (Å²) in [6.45, 7) is 0.0208. The van der Waals surface area contributed by atoms with Crippen LogP contribution in [-0.2, 0) is 19.2 Å².